The van der Waals surface area contributed by atoms with Gasteiger partial charge in [0.2, 0.25) is 0 Å². The molecule has 7 heteroatoms. The lowest BCUT2D eigenvalue weighted by Gasteiger charge is -2.24. The van der Waals surface area contributed by atoms with Crippen LogP contribution in [0.4, 0.5) is 0 Å². The van der Waals surface area contributed by atoms with Crippen molar-refractivity contribution in [2.75, 3.05) is 19.8 Å². The minimum atomic E-state index is -0.671. The minimum absolute atomic E-state index is 0.101. The van der Waals surface area contributed by atoms with Crippen LogP contribution in [0.25, 0.3) is 5.76 Å². The summed E-state index contributed by atoms with van der Waals surface area (Å²) in [7, 11) is 0. The second-order valence-electron chi connectivity index (χ2n) is 6.98. The Balaban J connectivity index is 2.20. The maximum absolute atomic E-state index is 13.0. The molecule has 3 rings (SSSR count). The Labute approximate surface area is 180 Å². The molecule has 1 fully saturated rings. The van der Waals surface area contributed by atoms with Crippen molar-refractivity contribution in [1.29, 1.82) is 0 Å². The fourth-order valence-corrected chi connectivity index (χ4v) is 4.71. The molecule has 1 unspecified atom stereocenters. The molecule has 2 heterocycles. The van der Waals surface area contributed by atoms with Crippen LogP contribution >= 0.6 is 11.3 Å². The van der Waals surface area contributed by atoms with E-state index in [2.05, 4.69) is 0 Å². The number of ether oxygens (including phenoxy) is 2. The van der Waals surface area contributed by atoms with Crippen LogP contribution in [-0.4, -0.2) is 41.5 Å². The number of ketones is 1. The number of nitrogens with zero attached hydrogens (tertiary/aromatic N) is 1. The fourth-order valence-electron chi connectivity index (χ4n) is 3.66. The lowest BCUT2D eigenvalue weighted by molar-refractivity contribution is -0.139. The third kappa shape index (κ3) is 3.94. The maximum atomic E-state index is 13.0. The lowest BCUT2D eigenvalue weighted by atomic mass is 9.98. The number of rotatable bonds is 8. The van der Waals surface area contributed by atoms with Crippen molar-refractivity contribution in [2.24, 2.45) is 0 Å². The number of benzene rings is 1. The van der Waals surface area contributed by atoms with Crippen molar-refractivity contribution in [3.8, 4) is 11.5 Å². The van der Waals surface area contributed by atoms with Gasteiger partial charge in [-0.3, -0.25) is 9.59 Å². The molecule has 0 saturated carbocycles. The molecule has 1 atom stereocenters. The molecule has 1 aromatic carbocycles. The Morgan fingerprint density at radius 1 is 1.13 bits per heavy atom. The van der Waals surface area contributed by atoms with Crippen LogP contribution in [0.2, 0.25) is 0 Å². The predicted octanol–water partition coefficient (Wildman–Crippen LogP) is 4.69. The molecule has 6 nitrogen and oxygen atoms in total. The summed E-state index contributed by atoms with van der Waals surface area (Å²) in [6.07, 6.45) is 0.710. The summed E-state index contributed by atoms with van der Waals surface area (Å²) in [6.45, 7) is 8.94. The first-order valence-electron chi connectivity index (χ1n) is 10.2. The molecule has 1 aliphatic rings. The summed E-state index contributed by atoms with van der Waals surface area (Å²) in [4.78, 5) is 28.2. The molecule has 1 amide bonds. The van der Waals surface area contributed by atoms with Gasteiger partial charge in [0.15, 0.2) is 0 Å². The van der Waals surface area contributed by atoms with Gasteiger partial charge in [-0.05, 0) is 56.3 Å². The maximum Gasteiger partial charge on any atom is 0.295 e. The Kier molecular flexibility index (Phi) is 6.82. The number of hydrogen-bond acceptors (Lipinski definition) is 6. The summed E-state index contributed by atoms with van der Waals surface area (Å²) < 4.78 is 11.2. The van der Waals surface area contributed by atoms with Gasteiger partial charge >= 0.3 is 0 Å². The lowest BCUT2D eigenvalue weighted by Crippen LogP contribution is -2.30. The van der Waals surface area contributed by atoms with Gasteiger partial charge < -0.3 is 19.5 Å². The molecule has 0 radical (unpaired) electrons. The number of aliphatic hydroxyl groups excluding tert-OH is 1. The van der Waals surface area contributed by atoms with Crippen molar-refractivity contribution in [3.63, 3.8) is 0 Å². The zero-order valence-electron chi connectivity index (χ0n) is 17.7. The van der Waals surface area contributed by atoms with Crippen molar-refractivity contribution in [3.05, 3.63) is 51.2 Å². The van der Waals surface area contributed by atoms with Crippen molar-refractivity contribution >= 4 is 28.8 Å². The number of hydrogen-bond donors (Lipinski definition) is 1. The predicted molar refractivity (Wildman–Crippen MR) is 117 cm³/mol. The number of thiophene rings is 1. The highest BCUT2D eigenvalue weighted by atomic mass is 32.1. The third-order valence-corrected chi connectivity index (χ3v) is 6.04. The average Bonchev–Trinajstić information content (AvgIpc) is 3.24. The molecule has 0 bridgehead atoms. The Bertz CT molecular complexity index is 978. The zero-order chi connectivity index (χ0) is 21.8. The quantitative estimate of drug-likeness (QED) is 0.374. The summed E-state index contributed by atoms with van der Waals surface area (Å²) in [5.74, 6) is -0.467. The van der Waals surface area contributed by atoms with Gasteiger partial charge in [0.25, 0.3) is 11.7 Å². The average molecular weight is 430 g/mol. The van der Waals surface area contributed by atoms with E-state index in [4.69, 9.17) is 9.47 Å². The molecule has 1 saturated heterocycles. The van der Waals surface area contributed by atoms with Gasteiger partial charge in [0.05, 0.1) is 30.4 Å². The summed E-state index contributed by atoms with van der Waals surface area (Å²) in [6, 6.07) is 6.42. The summed E-state index contributed by atoms with van der Waals surface area (Å²) >= 11 is 1.48. The van der Waals surface area contributed by atoms with E-state index < -0.39 is 17.7 Å². The van der Waals surface area contributed by atoms with Crippen LogP contribution in [0.5, 0.6) is 11.5 Å². The van der Waals surface area contributed by atoms with Crippen LogP contribution in [0.3, 0.4) is 0 Å². The molecular weight excluding hydrogens is 402 g/mol. The first kappa shape index (κ1) is 21.9. The third-order valence-electron chi connectivity index (χ3n) is 4.97. The topological polar surface area (TPSA) is 76.1 Å². The summed E-state index contributed by atoms with van der Waals surface area (Å²) in [5.41, 5.74) is 1.45. The standard InChI is InChI=1S/C23H27NO5S/c1-5-11-24-19(22-14(4)10-12-30-22)18(21(26)23(24)27)20(25)16-9-8-15(28-6-2)13-17(16)29-7-3/h8-10,12-13,19,25H,5-7,11H2,1-4H3/b20-18+. The SMILES string of the molecule is CCCN1C(=O)C(=O)/C(=C(/O)c2ccc(OCC)cc2OCC)C1c1sccc1C. The number of Topliss-reactive ketones (excluding diaryl/α,β-unsaturated/α-hetero) is 1. The van der Waals surface area contributed by atoms with E-state index in [1.165, 1.54) is 11.3 Å². The highest BCUT2D eigenvalue weighted by Crippen LogP contribution is 2.44. The molecule has 0 spiro atoms. The Hall–Kier alpha value is -2.80. The molecule has 2 aromatic rings. The van der Waals surface area contributed by atoms with E-state index in [0.29, 0.717) is 43.2 Å². The van der Waals surface area contributed by atoms with E-state index in [1.807, 2.05) is 39.1 Å². The van der Waals surface area contributed by atoms with Crippen molar-refractivity contribution < 1.29 is 24.2 Å². The van der Waals surface area contributed by atoms with Crippen LogP contribution < -0.4 is 9.47 Å². The van der Waals surface area contributed by atoms with E-state index in [9.17, 15) is 14.7 Å². The van der Waals surface area contributed by atoms with Crippen LogP contribution in [0.15, 0.2) is 35.2 Å². The summed E-state index contributed by atoms with van der Waals surface area (Å²) in [5, 5.41) is 13.2. The van der Waals surface area contributed by atoms with Gasteiger partial charge in [0, 0.05) is 17.5 Å². The molecule has 1 N–H and O–H groups in total. The van der Waals surface area contributed by atoms with Gasteiger partial charge in [-0.2, -0.15) is 0 Å². The van der Waals surface area contributed by atoms with E-state index >= 15 is 0 Å². The molecule has 160 valence electrons. The molecule has 30 heavy (non-hydrogen) atoms. The molecular formula is C23H27NO5S. The second-order valence-corrected chi connectivity index (χ2v) is 7.93. The Morgan fingerprint density at radius 2 is 1.87 bits per heavy atom. The fraction of sp³-hybridized carbons (Fsp3) is 0.391. The number of carbonyl (C=O) groups is 2. The highest BCUT2D eigenvalue weighted by molar-refractivity contribution is 7.10. The van der Waals surface area contributed by atoms with Crippen LogP contribution in [-0.2, 0) is 9.59 Å². The number of aliphatic hydroxyl groups is 1. The first-order chi connectivity index (χ1) is 14.4. The van der Waals surface area contributed by atoms with Crippen LogP contribution in [0, 0.1) is 6.92 Å². The monoisotopic (exact) mass is 429 g/mol. The largest absolute Gasteiger partial charge is 0.507 e. The van der Waals surface area contributed by atoms with Gasteiger partial charge in [-0.1, -0.05) is 6.92 Å². The zero-order valence-corrected chi connectivity index (χ0v) is 18.5. The minimum Gasteiger partial charge on any atom is -0.507 e. The van der Waals surface area contributed by atoms with E-state index in [1.54, 1.807) is 23.1 Å². The Morgan fingerprint density at radius 3 is 2.47 bits per heavy atom. The van der Waals surface area contributed by atoms with Gasteiger partial charge in [0.1, 0.15) is 17.3 Å². The molecule has 1 aliphatic heterocycles. The molecule has 1 aromatic heterocycles. The van der Waals surface area contributed by atoms with Crippen molar-refractivity contribution in [1.82, 2.24) is 4.90 Å². The number of carbonyl (C=O) groups excluding carboxylic acids is 2. The van der Waals surface area contributed by atoms with E-state index in [-0.39, 0.29) is 11.3 Å². The number of aryl methyl sites for hydroxylation is 1. The van der Waals surface area contributed by atoms with Gasteiger partial charge in [-0.15, -0.1) is 11.3 Å². The van der Waals surface area contributed by atoms with E-state index in [0.717, 1.165) is 10.4 Å². The van der Waals surface area contributed by atoms with Crippen molar-refractivity contribution in [2.45, 2.75) is 40.2 Å². The van der Waals surface area contributed by atoms with Gasteiger partial charge in [-0.25, -0.2) is 0 Å². The first-order valence-corrected chi connectivity index (χ1v) is 11.0. The number of amides is 1. The highest BCUT2D eigenvalue weighted by Gasteiger charge is 2.46. The smallest absolute Gasteiger partial charge is 0.295 e. The molecule has 0 aliphatic carbocycles. The number of likely N-dealkylation sites (tertiary alicyclic amines) is 1. The van der Waals surface area contributed by atoms with Crippen LogP contribution in [0.1, 0.15) is 49.2 Å². The second kappa shape index (κ2) is 9.34. The normalized spacial score (nSPS) is 18.1.